The Morgan fingerprint density at radius 2 is 2.47 bits per heavy atom. The van der Waals surface area contributed by atoms with E-state index in [4.69, 9.17) is 0 Å². The number of imidazole rings is 1. The maximum Gasteiger partial charge on any atom is 0.160 e. The number of nitrogens with one attached hydrogen (secondary N) is 1. The van der Waals surface area contributed by atoms with Crippen molar-refractivity contribution in [3.05, 3.63) is 24.2 Å². The Morgan fingerprint density at radius 1 is 1.53 bits per heavy atom. The van der Waals surface area contributed by atoms with Crippen LogP contribution in [0.2, 0.25) is 0 Å². The van der Waals surface area contributed by atoms with E-state index in [0.717, 1.165) is 30.1 Å². The summed E-state index contributed by atoms with van der Waals surface area (Å²) >= 11 is 0. The van der Waals surface area contributed by atoms with Crippen molar-refractivity contribution < 1.29 is 0 Å². The van der Waals surface area contributed by atoms with Crippen molar-refractivity contribution in [2.75, 3.05) is 13.1 Å². The lowest BCUT2D eigenvalue weighted by molar-refractivity contribution is 0.544. The molecule has 1 fully saturated rings. The first kappa shape index (κ1) is 8.85. The Hall–Kier alpha value is -1.42. The lowest BCUT2D eigenvalue weighted by Gasteiger charge is -2.12. The van der Waals surface area contributed by atoms with E-state index in [1.54, 1.807) is 0 Å². The van der Waals surface area contributed by atoms with E-state index in [0.29, 0.717) is 6.04 Å². The second-order valence-corrected chi connectivity index (χ2v) is 4.02. The van der Waals surface area contributed by atoms with Gasteiger partial charge in [-0.15, -0.1) is 0 Å². The number of hydrogen-bond acceptors (Lipinski definition) is 3. The van der Waals surface area contributed by atoms with Crippen molar-refractivity contribution in [2.45, 2.75) is 19.4 Å². The number of fused-ring (bicyclic) bond motifs is 1. The molecule has 3 rings (SSSR count). The fourth-order valence-electron chi connectivity index (χ4n) is 2.34. The van der Waals surface area contributed by atoms with Crippen LogP contribution in [0.4, 0.5) is 0 Å². The molecule has 0 amide bonds. The van der Waals surface area contributed by atoms with Gasteiger partial charge in [0.25, 0.3) is 0 Å². The van der Waals surface area contributed by atoms with Crippen molar-refractivity contribution in [2.24, 2.45) is 0 Å². The summed E-state index contributed by atoms with van der Waals surface area (Å²) in [7, 11) is 0. The number of aryl methyl sites for hydroxylation is 1. The summed E-state index contributed by atoms with van der Waals surface area (Å²) < 4.78 is 2.26. The van der Waals surface area contributed by atoms with E-state index in [1.807, 2.05) is 18.3 Å². The molecule has 2 aromatic heterocycles. The molecule has 1 aliphatic heterocycles. The third kappa shape index (κ3) is 1.33. The molecule has 1 atom stereocenters. The van der Waals surface area contributed by atoms with Crippen LogP contribution in [0.25, 0.3) is 11.2 Å². The predicted molar refractivity (Wildman–Crippen MR) is 58.8 cm³/mol. The fraction of sp³-hybridized carbons (Fsp3) is 0.455. The van der Waals surface area contributed by atoms with Gasteiger partial charge in [0.1, 0.15) is 11.3 Å². The van der Waals surface area contributed by atoms with Crippen molar-refractivity contribution in [1.82, 2.24) is 19.9 Å². The lowest BCUT2D eigenvalue weighted by Crippen LogP contribution is -2.14. The van der Waals surface area contributed by atoms with Gasteiger partial charge >= 0.3 is 0 Å². The van der Waals surface area contributed by atoms with Crippen molar-refractivity contribution >= 4 is 11.2 Å². The van der Waals surface area contributed by atoms with Gasteiger partial charge in [-0.25, -0.2) is 9.97 Å². The van der Waals surface area contributed by atoms with Crippen LogP contribution in [-0.2, 0) is 0 Å². The van der Waals surface area contributed by atoms with Crippen LogP contribution in [0.3, 0.4) is 0 Å². The standard InChI is InChI=1S/C11H14N4/c1-8-14-10-3-2-5-13-11(10)15(8)9-4-6-12-7-9/h2-3,5,9,12H,4,6-7H2,1H3. The largest absolute Gasteiger partial charge is 0.315 e. The third-order valence-corrected chi connectivity index (χ3v) is 3.02. The summed E-state index contributed by atoms with van der Waals surface area (Å²) in [5.41, 5.74) is 2.02. The molecule has 0 bridgehead atoms. The Kier molecular flexibility index (Phi) is 1.95. The first-order valence-corrected chi connectivity index (χ1v) is 5.36. The molecule has 0 spiro atoms. The number of pyridine rings is 1. The van der Waals surface area contributed by atoms with E-state index in [9.17, 15) is 0 Å². The minimum absolute atomic E-state index is 0.518. The van der Waals surface area contributed by atoms with E-state index in [1.165, 1.54) is 6.42 Å². The van der Waals surface area contributed by atoms with Crippen LogP contribution in [0, 0.1) is 6.92 Å². The summed E-state index contributed by atoms with van der Waals surface area (Å²) in [5.74, 6) is 1.07. The monoisotopic (exact) mass is 202 g/mol. The Morgan fingerprint density at radius 3 is 3.27 bits per heavy atom. The minimum atomic E-state index is 0.518. The van der Waals surface area contributed by atoms with Gasteiger partial charge in [-0.05, 0) is 32.0 Å². The maximum absolute atomic E-state index is 4.53. The quantitative estimate of drug-likeness (QED) is 0.757. The molecule has 1 unspecified atom stereocenters. The highest BCUT2D eigenvalue weighted by Crippen LogP contribution is 2.22. The normalized spacial score (nSPS) is 21.3. The molecule has 1 saturated heterocycles. The summed E-state index contributed by atoms with van der Waals surface area (Å²) in [4.78, 5) is 8.95. The van der Waals surface area contributed by atoms with Gasteiger partial charge in [0.2, 0.25) is 0 Å². The highest BCUT2D eigenvalue weighted by molar-refractivity contribution is 5.71. The van der Waals surface area contributed by atoms with Crippen LogP contribution in [0.15, 0.2) is 18.3 Å². The molecule has 2 aromatic rings. The highest BCUT2D eigenvalue weighted by Gasteiger charge is 2.20. The van der Waals surface area contributed by atoms with Crippen LogP contribution >= 0.6 is 0 Å². The van der Waals surface area contributed by atoms with Crippen molar-refractivity contribution in [3.8, 4) is 0 Å². The molecular weight excluding hydrogens is 188 g/mol. The number of hydrogen-bond donors (Lipinski definition) is 1. The van der Waals surface area contributed by atoms with Crippen LogP contribution in [0.1, 0.15) is 18.3 Å². The van der Waals surface area contributed by atoms with Gasteiger partial charge in [0.05, 0.1) is 6.04 Å². The van der Waals surface area contributed by atoms with E-state index in [-0.39, 0.29) is 0 Å². The molecule has 0 aromatic carbocycles. The van der Waals surface area contributed by atoms with Gasteiger partial charge in [0, 0.05) is 12.7 Å². The summed E-state index contributed by atoms with van der Waals surface area (Å²) in [6.45, 7) is 4.18. The molecule has 4 nitrogen and oxygen atoms in total. The Labute approximate surface area is 88.3 Å². The third-order valence-electron chi connectivity index (χ3n) is 3.02. The molecular formula is C11H14N4. The molecule has 0 saturated carbocycles. The van der Waals surface area contributed by atoms with E-state index in [2.05, 4.69) is 26.8 Å². The molecule has 15 heavy (non-hydrogen) atoms. The van der Waals surface area contributed by atoms with Crippen LogP contribution in [-0.4, -0.2) is 27.6 Å². The molecule has 4 heteroatoms. The van der Waals surface area contributed by atoms with Gasteiger partial charge in [-0.3, -0.25) is 0 Å². The Bertz CT molecular complexity index is 482. The van der Waals surface area contributed by atoms with Crippen molar-refractivity contribution in [3.63, 3.8) is 0 Å². The topological polar surface area (TPSA) is 42.7 Å². The molecule has 3 heterocycles. The summed E-state index contributed by atoms with van der Waals surface area (Å²) in [6, 6.07) is 4.48. The second-order valence-electron chi connectivity index (χ2n) is 4.02. The lowest BCUT2D eigenvalue weighted by atomic mass is 10.2. The number of rotatable bonds is 1. The SMILES string of the molecule is Cc1nc2cccnc2n1C1CCNC1. The first-order valence-electron chi connectivity index (χ1n) is 5.36. The van der Waals surface area contributed by atoms with Gasteiger partial charge in [-0.2, -0.15) is 0 Å². The maximum atomic E-state index is 4.53. The molecule has 1 aliphatic rings. The summed E-state index contributed by atoms with van der Waals surface area (Å²) in [6.07, 6.45) is 3.01. The minimum Gasteiger partial charge on any atom is -0.315 e. The smallest absolute Gasteiger partial charge is 0.160 e. The Balaban J connectivity index is 2.19. The van der Waals surface area contributed by atoms with E-state index >= 15 is 0 Å². The molecule has 0 aliphatic carbocycles. The average Bonchev–Trinajstić information content (AvgIpc) is 2.82. The number of aromatic nitrogens is 3. The first-order chi connectivity index (χ1) is 7.36. The number of nitrogens with zero attached hydrogens (tertiary/aromatic N) is 3. The summed E-state index contributed by atoms with van der Waals surface area (Å²) in [5, 5.41) is 3.38. The molecule has 1 N–H and O–H groups in total. The average molecular weight is 202 g/mol. The van der Waals surface area contributed by atoms with Crippen LogP contribution in [0.5, 0.6) is 0 Å². The zero-order chi connectivity index (χ0) is 10.3. The second kappa shape index (κ2) is 3.31. The van der Waals surface area contributed by atoms with Crippen LogP contribution < -0.4 is 5.32 Å². The zero-order valence-electron chi connectivity index (χ0n) is 8.77. The zero-order valence-corrected chi connectivity index (χ0v) is 8.77. The molecule has 78 valence electrons. The van der Waals surface area contributed by atoms with Gasteiger partial charge < -0.3 is 9.88 Å². The van der Waals surface area contributed by atoms with Gasteiger partial charge in [-0.1, -0.05) is 0 Å². The fourth-order valence-corrected chi connectivity index (χ4v) is 2.34. The highest BCUT2D eigenvalue weighted by atomic mass is 15.2. The predicted octanol–water partition coefficient (Wildman–Crippen LogP) is 1.27. The van der Waals surface area contributed by atoms with Crippen molar-refractivity contribution in [1.29, 1.82) is 0 Å². The molecule has 0 radical (unpaired) electrons. The van der Waals surface area contributed by atoms with Gasteiger partial charge in [0.15, 0.2) is 5.65 Å². The van der Waals surface area contributed by atoms with E-state index < -0.39 is 0 Å².